The van der Waals surface area contributed by atoms with Crippen molar-refractivity contribution in [3.05, 3.63) is 0 Å². The van der Waals surface area contributed by atoms with Gasteiger partial charge in [-0.25, -0.2) is 0 Å². The van der Waals surface area contributed by atoms with E-state index in [4.69, 9.17) is 10.00 Å². The van der Waals surface area contributed by atoms with Gasteiger partial charge in [-0.3, -0.25) is 9.69 Å². The number of rotatable bonds is 6. The molecule has 1 heterocycles. The van der Waals surface area contributed by atoms with E-state index in [0.29, 0.717) is 26.1 Å². The Hall–Kier alpha value is -1.16. The molecule has 0 saturated carbocycles. The van der Waals surface area contributed by atoms with E-state index in [2.05, 4.69) is 15.5 Å². The molecule has 0 aliphatic carbocycles. The summed E-state index contributed by atoms with van der Waals surface area (Å²) in [6.45, 7) is 3.83. The molecule has 0 spiro atoms. The average Bonchev–Trinajstić information content (AvgIpc) is 2.30. The Kier molecular flexibility index (Phi) is 6.55. The van der Waals surface area contributed by atoms with Gasteiger partial charge in [-0.2, -0.15) is 5.26 Å². The van der Waals surface area contributed by atoms with E-state index in [-0.39, 0.29) is 12.0 Å². The first-order chi connectivity index (χ1) is 8.26. The summed E-state index contributed by atoms with van der Waals surface area (Å²) in [5, 5.41) is 14.1. The minimum absolute atomic E-state index is 0.0228. The number of carbonyl (C=O) groups is 1. The fraction of sp³-hybridized carbons (Fsp3) is 0.818. The van der Waals surface area contributed by atoms with Crippen molar-refractivity contribution in [2.75, 3.05) is 46.4 Å². The van der Waals surface area contributed by atoms with Crippen LogP contribution < -0.4 is 10.6 Å². The van der Waals surface area contributed by atoms with Crippen LogP contribution in [-0.2, 0) is 9.53 Å². The summed E-state index contributed by atoms with van der Waals surface area (Å²) in [5.41, 5.74) is 0. The molecule has 6 nitrogen and oxygen atoms in total. The third kappa shape index (κ3) is 5.63. The van der Waals surface area contributed by atoms with Gasteiger partial charge in [0, 0.05) is 26.2 Å². The third-order valence-corrected chi connectivity index (χ3v) is 2.58. The van der Waals surface area contributed by atoms with Crippen LogP contribution in [-0.4, -0.2) is 63.3 Å². The Morgan fingerprint density at radius 1 is 1.65 bits per heavy atom. The number of carbonyl (C=O) groups excluding carboxylic acids is 1. The number of nitrogens with one attached hydrogen (secondary N) is 2. The maximum Gasteiger partial charge on any atom is 0.234 e. The molecule has 17 heavy (non-hydrogen) atoms. The van der Waals surface area contributed by atoms with Gasteiger partial charge in [0.05, 0.1) is 31.7 Å². The quantitative estimate of drug-likeness (QED) is 0.579. The van der Waals surface area contributed by atoms with Crippen LogP contribution >= 0.6 is 0 Å². The zero-order valence-electron chi connectivity index (χ0n) is 10.2. The number of likely N-dealkylation sites (N-methyl/N-ethyl adjacent to an activating group) is 1. The summed E-state index contributed by atoms with van der Waals surface area (Å²) in [6.07, 6.45) is 0.512. The van der Waals surface area contributed by atoms with Crippen molar-refractivity contribution < 1.29 is 9.53 Å². The van der Waals surface area contributed by atoms with Crippen LogP contribution in [0.1, 0.15) is 6.42 Å². The van der Waals surface area contributed by atoms with Crippen LogP contribution in [0.25, 0.3) is 0 Å². The van der Waals surface area contributed by atoms with Crippen LogP contribution in [0, 0.1) is 11.3 Å². The number of ether oxygens (including phenoxy) is 1. The van der Waals surface area contributed by atoms with Crippen LogP contribution in [0.3, 0.4) is 0 Å². The van der Waals surface area contributed by atoms with Crippen LogP contribution in [0.4, 0.5) is 0 Å². The SMILES string of the molecule is CNCC1CN(CC(=O)NCCC#N)CCO1. The number of amides is 1. The predicted octanol–water partition coefficient (Wildman–Crippen LogP) is -1.06. The van der Waals surface area contributed by atoms with Gasteiger partial charge in [0.15, 0.2) is 0 Å². The summed E-state index contributed by atoms with van der Waals surface area (Å²) in [4.78, 5) is 13.6. The largest absolute Gasteiger partial charge is 0.374 e. The second-order valence-corrected chi connectivity index (χ2v) is 4.04. The van der Waals surface area contributed by atoms with Crippen molar-refractivity contribution in [3.63, 3.8) is 0 Å². The molecule has 1 amide bonds. The molecule has 1 rings (SSSR count). The molecule has 0 bridgehead atoms. The smallest absolute Gasteiger partial charge is 0.234 e. The normalized spacial score (nSPS) is 20.8. The van der Waals surface area contributed by atoms with Crippen molar-refractivity contribution in [3.8, 4) is 6.07 Å². The van der Waals surface area contributed by atoms with Crippen LogP contribution in [0.15, 0.2) is 0 Å². The third-order valence-electron chi connectivity index (χ3n) is 2.58. The van der Waals surface area contributed by atoms with E-state index in [0.717, 1.165) is 19.6 Å². The monoisotopic (exact) mass is 240 g/mol. The molecule has 0 aromatic carbocycles. The van der Waals surface area contributed by atoms with Crippen molar-refractivity contribution in [1.82, 2.24) is 15.5 Å². The Bertz CT molecular complexity index is 275. The summed E-state index contributed by atoms with van der Waals surface area (Å²) < 4.78 is 5.55. The average molecular weight is 240 g/mol. The van der Waals surface area contributed by atoms with Crippen LogP contribution in [0.5, 0.6) is 0 Å². The molecule has 2 N–H and O–H groups in total. The number of hydrogen-bond acceptors (Lipinski definition) is 5. The molecule has 1 unspecified atom stereocenters. The number of nitrogens with zero attached hydrogens (tertiary/aromatic N) is 2. The highest BCUT2D eigenvalue weighted by atomic mass is 16.5. The van der Waals surface area contributed by atoms with E-state index in [9.17, 15) is 4.79 Å². The van der Waals surface area contributed by atoms with Crippen molar-refractivity contribution in [2.24, 2.45) is 0 Å². The van der Waals surface area contributed by atoms with E-state index >= 15 is 0 Å². The summed E-state index contributed by atoms with van der Waals surface area (Å²) in [5.74, 6) is -0.0228. The minimum Gasteiger partial charge on any atom is -0.374 e. The molecule has 1 aliphatic rings. The number of nitriles is 1. The highest BCUT2D eigenvalue weighted by molar-refractivity contribution is 5.78. The highest BCUT2D eigenvalue weighted by Crippen LogP contribution is 2.03. The lowest BCUT2D eigenvalue weighted by molar-refractivity contribution is -0.124. The van der Waals surface area contributed by atoms with E-state index in [1.54, 1.807) is 0 Å². The maximum absolute atomic E-state index is 11.5. The summed E-state index contributed by atoms with van der Waals surface area (Å²) in [7, 11) is 1.89. The fourth-order valence-corrected chi connectivity index (χ4v) is 1.79. The lowest BCUT2D eigenvalue weighted by Gasteiger charge is -2.32. The number of morpholine rings is 1. The predicted molar refractivity (Wildman–Crippen MR) is 63.3 cm³/mol. The fourth-order valence-electron chi connectivity index (χ4n) is 1.79. The zero-order chi connectivity index (χ0) is 12.5. The molecule has 0 aromatic rings. The molecule has 1 fully saturated rings. The first-order valence-corrected chi connectivity index (χ1v) is 5.88. The van der Waals surface area contributed by atoms with Gasteiger partial charge in [-0.05, 0) is 7.05 Å². The molecular formula is C11H20N4O2. The lowest BCUT2D eigenvalue weighted by Crippen LogP contribution is -2.49. The van der Waals surface area contributed by atoms with Gasteiger partial charge < -0.3 is 15.4 Å². The molecule has 96 valence electrons. The molecule has 1 aliphatic heterocycles. The van der Waals surface area contributed by atoms with Gasteiger partial charge in [0.2, 0.25) is 5.91 Å². The molecule has 1 atom stereocenters. The van der Waals surface area contributed by atoms with Gasteiger partial charge in [0.25, 0.3) is 0 Å². The standard InChI is InChI=1S/C11H20N4O2/c1-13-7-10-8-15(5-6-17-10)9-11(16)14-4-2-3-12/h10,13H,2,4-9H2,1H3,(H,14,16). The Balaban J connectivity index is 2.21. The van der Waals surface area contributed by atoms with Crippen LogP contribution in [0.2, 0.25) is 0 Å². The van der Waals surface area contributed by atoms with Gasteiger partial charge in [-0.15, -0.1) is 0 Å². The maximum atomic E-state index is 11.5. The van der Waals surface area contributed by atoms with Crippen molar-refractivity contribution in [1.29, 1.82) is 5.26 Å². The molecule has 1 saturated heterocycles. The molecular weight excluding hydrogens is 220 g/mol. The van der Waals surface area contributed by atoms with E-state index < -0.39 is 0 Å². The van der Waals surface area contributed by atoms with Crippen molar-refractivity contribution >= 4 is 5.91 Å². The first-order valence-electron chi connectivity index (χ1n) is 5.88. The Labute approximate surface area is 102 Å². The zero-order valence-corrected chi connectivity index (χ0v) is 10.2. The van der Waals surface area contributed by atoms with Gasteiger partial charge >= 0.3 is 0 Å². The van der Waals surface area contributed by atoms with Crippen molar-refractivity contribution in [2.45, 2.75) is 12.5 Å². The van der Waals surface area contributed by atoms with E-state index in [1.807, 2.05) is 13.1 Å². The first kappa shape index (κ1) is 13.9. The Morgan fingerprint density at radius 2 is 2.47 bits per heavy atom. The Morgan fingerprint density at radius 3 is 3.18 bits per heavy atom. The summed E-state index contributed by atoms with van der Waals surface area (Å²) >= 11 is 0. The second-order valence-electron chi connectivity index (χ2n) is 4.04. The molecule has 6 heteroatoms. The van der Waals surface area contributed by atoms with Gasteiger partial charge in [-0.1, -0.05) is 0 Å². The molecule has 0 aromatic heterocycles. The van der Waals surface area contributed by atoms with E-state index in [1.165, 1.54) is 0 Å². The van der Waals surface area contributed by atoms with Gasteiger partial charge in [0.1, 0.15) is 0 Å². The second kappa shape index (κ2) is 8.01. The topological polar surface area (TPSA) is 77.4 Å². The lowest BCUT2D eigenvalue weighted by atomic mass is 10.2. The molecule has 0 radical (unpaired) electrons. The minimum atomic E-state index is -0.0228. The number of hydrogen-bond donors (Lipinski definition) is 2. The highest BCUT2D eigenvalue weighted by Gasteiger charge is 2.21. The summed E-state index contributed by atoms with van der Waals surface area (Å²) in [6, 6.07) is 1.99.